The molecule has 2 aromatic heterocycles. The second-order valence-corrected chi connectivity index (χ2v) is 8.24. The monoisotopic (exact) mass is 496 g/mol. The van der Waals surface area contributed by atoms with E-state index in [1.165, 1.54) is 0 Å². The van der Waals surface area contributed by atoms with Gasteiger partial charge in [-0.2, -0.15) is 13.5 Å². The summed E-state index contributed by atoms with van der Waals surface area (Å²) in [4.78, 5) is 25.2. The average Bonchev–Trinajstić information content (AvgIpc) is 3.40. The van der Waals surface area contributed by atoms with Gasteiger partial charge in [0.1, 0.15) is 23.7 Å². The van der Waals surface area contributed by atoms with E-state index in [4.69, 9.17) is 9.47 Å². The maximum Gasteiger partial charge on any atom is 0.251 e. The van der Waals surface area contributed by atoms with Crippen LogP contribution in [0.4, 0.5) is 11.6 Å². The molecule has 9 nitrogen and oxygen atoms in total. The number of ether oxygens (including phenoxy) is 2. The number of hydrogen-bond acceptors (Lipinski definition) is 8. The summed E-state index contributed by atoms with van der Waals surface area (Å²) < 4.78 is 10.9. The Hall–Kier alpha value is -3.37. The van der Waals surface area contributed by atoms with Crippen LogP contribution < -0.4 is 20.7 Å². The van der Waals surface area contributed by atoms with Crippen LogP contribution in [0.3, 0.4) is 0 Å². The van der Waals surface area contributed by atoms with E-state index in [2.05, 4.69) is 37.8 Å². The number of nitrogens with zero attached hydrogens (tertiary/aromatic N) is 3. The zero-order chi connectivity index (χ0) is 23.9. The Morgan fingerprint density at radius 2 is 2.03 bits per heavy atom. The molecule has 0 aliphatic carbocycles. The summed E-state index contributed by atoms with van der Waals surface area (Å²) in [5.74, 6) is 2.22. The van der Waals surface area contributed by atoms with Crippen LogP contribution in [0, 0.1) is 0 Å². The summed E-state index contributed by atoms with van der Waals surface area (Å²) in [6, 6.07) is 11.7. The van der Waals surface area contributed by atoms with Crippen LogP contribution in [0.1, 0.15) is 35.2 Å². The molecule has 0 unspecified atom stereocenters. The predicted molar refractivity (Wildman–Crippen MR) is 142 cm³/mol. The minimum absolute atomic E-state index is 0. The van der Waals surface area contributed by atoms with Gasteiger partial charge in [0.2, 0.25) is 0 Å². The smallest absolute Gasteiger partial charge is 0.251 e. The van der Waals surface area contributed by atoms with E-state index in [1.807, 2.05) is 30.5 Å². The number of rotatable bonds is 9. The van der Waals surface area contributed by atoms with Crippen molar-refractivity contribution >= 4 is 31.0 Å². The van der Waals surface area contributed by atoms with Gasteiger partial charge in [-0.15, -0.1) is 0 Å². The lowest BCUT2D eigenvalue weighted by Gasteiger charge is -2.17. The fourth-order valence-electron chi connectivity index (χ4n) is 3.87. The number of benzene rings is 1. The standard InChI is InChI=1S/C25H30N6O3.H2S/c1-16(20-6-4-17(25(32)26-2)10-22(20)33-3)12-27-24-11-21(29-15-30-24)18-5-7-23(28-13-18)31-19-8-9-34-14-19;/h4-7,10-11,13,15-16,19H,8-9,12,14H2,1-3H3,(H,26,32)(H,28,31)(H,27,29,30);1H2/t16-,19+;/m1./s1. The molecule has 1 aliphatic heterocycles. The summed E-state index contributed by atoms with van der Waals surface area (Å²) in [6.07, 6.45) is 4.35. The molecule has 0 bridgehead atoms. The van der Waals surface area contributed by atoms with Gasteiger partial charge < -0.3 is 25.4 Å². The number of carbonyl (C=O) groups is 1. The maximum atomic E-state index is 11.9. The number of aromatic nitrogens is 3. The fraction of sp³-hybridized carbons (Fsp3) is 0.360. The van der Waals surface area contributed by atoms with Crippen molar-refractivity contribution in [2.75, 3.05) is 44.5 Å². The number of pyridine rings is 1. The molecule has 35 heavy (non-hydrogen) atoms. The summed E-state index contributed by atoms with van der Waals surface area (Å²) in [7, 11) is 3.22. The summed E-state index contributed by atoms with van der Waals surface area (Å²) in [5.41, 5.74) is 3.28. The van der Waals surface area contributed by atoms with Crippen molar-refractivity contribution in [3.8, 4) is 17.0 Å². The molecule has 1 amide bonds. The minimum atomic E-state index is -0.144. The first-order valence-electron chi connectivity index (χ1n) is 11.3. The lowest BCUT2D eigenvalue weighted by Crippen LogP contribution is -2.19. The number of hydrogen-bond donors (Lipinski definition) is 3. The quantitative estimate of drug-likeness (QED) is 0.413. The van der Waals surface area contributed by atoms with E-state index < -0.39 is 0 Å². The summed E-state index contributed by atoms with van der Waals surface area (Å²) in [5, 5.41) is 9.40. The highest BCUT2D eigenvalue weighted by molar-refractivity contribution is 7.59. The van der Waals surface area contributed by atoms with Crippen LogP contribution in [-0.4, -0.2) is 60.8 Å². The van der Waals surface area contributed by atoms with E-state index in [0.29, 0.717) is 30.5 Å². The van der Waals surface area contributed by atoms with Gasteiger partial charge in [0.15, 0.2) is 0 Å². The van der Waals surface area contributed by atoms with Gasteiger partial charge in [0, 0.05) is 49.5 Å². The molecule has 3 aromatic rings. The van der Waals surface area contributed by atoms with Crippen LogP contribution in [0.2, 0.25) is 0 Å². The third kappa shape index (κ3) is 6.61. The first kappa shape index (κ1) is 26.2. The number of amides is 1. The van der Waals surface area contributed by atoms with Crippen molar-refractivity contribution in [1.29, 1.82) is 0 Å². The van der Waals surface area contributed by atoms with Crippen molar-refractivity contribution in [3.63, 3.8) is 0 Å². The SMILES string of the molecule is CNC(=O)c1ccc([C@H](C)CNc2cc(-c3ccc(N[C@H]4CCOC4)nc3)ncn2)c(OC)c1.S. The molecule has 3 heterocycles. The van der Waals surface area contributed by atoms with Crippen molar-refractivity contribution in [2.45, 2.75) is 25.3 Å². The molecular formula is C25H32N6O3S. The second kappa shape index (κ2) is 12.4. The van der Waals surface area contributed by atoms with Gasteiger partial charge in [0.25, 0.3) is 5.91 Å². The summed E-state index contributed by atoms with van der Waals surface area (Å²) >= 11 is 0. The highest BCUT2D eigenvalue weighted by Gasteiger charge is 2.16. The third-order valence-electron chi connectivity index (χ3n) is 5.85. The van der Waals surface area contributed by atoms with Crippen molar-refractivity contribution < 1.29 is 14.3 Å². The Balaban J connectivity index is 0.00000342. The highest BCUT2D eigenvalue weighted by Crippen LogP contribution is 2.28. The Kier molecular flexibility index (Phi) is 9.27. The Morgan fingerprint density at radius 3 is 2.71 bits per heavy atom. The van der Waals surface area contributed by atoms with Gasteiger partial charge in [-0.1, -0.05) is 13.0 Å². The zero-order valence-corrected chi connectivity index (χ0v) is 21.2. The highest BCUT2D eigenvalue weighted by atomic mass is 32.1. The van der Waals surface area contributed by atoms with Crippen molar-refractivity contribution in [3.05, 3.63) is 60.0 Å². The molecule has 1 aliphatic rings. The van der Waals surface area contributed by atoms with E-state index in [0.717, 1.165) is 41.5 Å². The van der Waals surface area contributed by atoms with Gasteiger partial charge in [-0.25, -0.2) is 15.0 Å². The molecule has 4 rings (SSSR count). The number of nitrogens with one attached hydrogen (secondary N) is 3. The van der Waals surface area contributed by atoms with E-state index in [9.17, 15) is 4.79 Å². The fourth-order valence-corrected chi connectivity index (χ4v) is 3.87. The van der Waals surface area contributed by atoms with Gasteiger partial charge in [0.05, 0.1) is 25.5 Å². The van der Waals surface area contributed by atoms with Crippen LogP contribution >= 0.6 is 13.5 Å². The van der Waals surface area contributed by atoms with Crippen LogP contribution in [-0.2, 0) is 4.74 Å². The Labute approximate surface area is 212 Å². The van der Waals surface area contributed by atoms with Crippen molar-refractivity contribution in [1.82, 2.24) is 20.3 Å². The topological polar surface area (TPSA) is 110 Å². The lowest BCUT2D eigenvalue weighted by atomic mass is 9.98. The molecule has 2 atom stereocenters. The zero-order valence-electron chi connectivity index (χ0n) is 20.2. The first-order chi connectivity index (χ1) is 16.6. The van der Waals surface area contributed by atoms with Gasteiger partial charge in [-0.3, -0.25) is 4.79 Å². The largest absolute Gasteiger partial charge is 0.496 e. The van der Waals surface area contributed by atoms with Crippen molar-refractivity contribution in [2.24, 2.45) is 0 Å². The Bertz CT molecular complexity index is 1120. The average molecular weight is 497 g/mol. The van der Waals surface area contributed by atoms with Crippen LogP contribution in [0.25, 0.3) is 11.3 Å². The van der Waals surface area contributed by atoms with E-state index >= 15 is 0 Å². The summed E-state index contributed by atoms with van der Waals surface area (Å²) in [6.45, 7) is 4.24. The third-order valence-corrected chi connectivity index (χ3v) is 5.85. The molecule has 0 radical (unpaired) electrons. The number of methoxy groups -OCH3 is 1. The molecule has 0 saturated carbocycles. The molecule has 1 aromatic carbocycles. The lowest BCUT2D eigenvalue weighted by molar-refractivity contribution is 0.0962. The molecule has 1 saturated heterocycles. The second-order valence-electron chi connectivity index (χ2n) is 8.24. The number of anilines is 2. The molecule has 0 spiro atoms. The van der Waals surface area contributed by atoms with Gasteiger partial charge >= 0.3 is 0 Å². The van der Waals surface area contributed by atoms with Crippen LogP contribution in [0.5, 0.6) is 5.75 Å². The van der Waals surface area contributed by atoms with Crippen LogP contribution in [0.15, 0.2) is 48.9 Å². The van der Waals surface area contributed by atoms with E-state index in [1.54, 1.807) is 32.6 Å². The maximum absolute atomic E-state index is 11.9. The molecular weight excluding hydrogens is 464 g/mol. The number of carbonyl (C=O) groups excluding carboxylic acids is 1. The molecule has 186 valence electrons. The van der Waals surface area contributed by atoms with E-state index in [-0.39, 0.29) is 25.3 Å². The molecule has 1 fully saturated rings. The predicted octanol–water partition coefficient (Wildman–Crippen LogP) is 3.44. The Morgan fingerprint density at radius 1 is 1.17 bits per heavy atom. The van der Waals surface area contributed by atoms with Gasteiger partial charge in [-0.05, 0) is 36.2 Å². The normalized spacial score (nSPS) is 15.6. The first-order valence-corrected chi connectivity index (χ1v) is 11.3. The minimum Gasteiger partial charge on any atom is -0.496 e. The molecule has 3 N–H and O–H groups in total. The molecule has 10 heteroatoms.